The van der Waals surface area contributed by atoms with Gasteiger partial charge in [0.1, 0.15) is 12.3 Å². The van der Waals surface area contributed by atoms with E-state index in [4.69, 9.17) is 4.74 Å². The first-order valence-corrected chi connectivity index (χ1v) is 10.6. The van der Waals surface area contributed by atoms with Crippen LogP contribution in [-0.2, 0) is 19.6 Å². The van der Waals surface area contributed by atoms with E-state index in [1.54, 1.807) is 52.3 Å². The average Bonchev–Trinajstić information content (AvgIpc) is 2.77. The Labute approximate surface area is 170 Å². The fourth-order valence-corrected chi connectivity index (χ4v) is 4.50. The Bertz CT molecular complexity index is 940. The summed E-state index contributed by atoms with van der Waals surface area (Å²) in [6, 6.07) is 14.6. The number of para-hydroxylation sites is 1. The number of amides is 2. The lowest BCUT2D eigenvalue weighted by atomic mass is 10.3. The number of methoxy groups -OCH3 is 1. The maximum atomic E-state index is 13.3. The first-order valence-electron chi connectivity index (χ1n) is 9.14. The Hall–Kier alpha value is -3.07. The maximum absolute atomic E-state index is 13.3. The smallest absolute Gasteiger partial charge is 0.264 e. The lowest BCUT2D eigenvalue weighted by Crippen LogP contribution is -2.51. The molecule has 1 saturated heterocycles. The van der Waals surface area contributed by atoms with Crippen molar-refractivity contribution < 1.29 is 22.7 Å². The molecule has 2 aromatic carbocycles. The number of hydrogen-bond acceptors (Lipinski definition) is 5. The number of rotatable bonds is 7. The second-order valence-corrected chi connectivity index (χ2v) is 8.41. The van der Waals surface area contributed by atoms with Gasteiger partial charge in [0, 0.05) is 26.2 Å². The van der Waals surface area contributed by atoms with Crippen molar-refractivity contribution >= 4 is 28.0 Å². The van der Waals surface area contributed by atoms with Crippen LogP contribution >= 0.6 is 0 Å². The molecule has 0 bridgehead atoms. The lowest BCUT2D eigenvalue weighted by molar-refractivity contribution is -0.133. The van der Waals surface area contributed by atoms with Crippen molar-refractivity contribution in [2.45, 2.75) is 4.90 Å². The third kappa shape index (κ3) is 4.68. The Kier molecular flexibility index (Phi) is 6.38. The van der Waals surface area contributed by atoms with Crippen molar-refractivity contribution in [3.8, 4) is 5.75 Å². The molecule has 154 valence electrons. The molecule has 9 heteroatoms. The predicted molar refractivity (Wildman–Crippen MR) is 108 cm³/mol. The number of piperazine rings is 1. The van der Waals surface area contributed by atoms with Crippen molar-refractivity contribution in [2.75, 3.05) is 44.1 Å². The second-order valence-electron chi connectivity index (χ2n) is 6.54. The van der Waals surface area contributed by atoms with E-state index in [9.17, 15) is 18.0 Å². The summed E-state index contributed by atoms with van der Waals surface area (Å²) < 4.78 is 32.8. The molecular weight excluding hydrogens is 394 g/mol. The zero-order chi connectivity index (χ0) is 20.9. The molecule has 1 aliphatic rings. The SMILES string of the molecule is COc1ccc(S(=O)(=O)N(CC(=O)N2CCN(C=O)CC2)c2ccccc2)cc1. The fraction of sp³-hybridized carbons (Fsp3) is 0.300. The van der Waals surface area contributed by atoms with Gasteiger partial charge in [0.15, 0.2) is 0 Å². The molecule has 0 spiro atoms. The molecule has 0 N–H and O–H groups in total. The van der Waals surface area contributed by atoms with E-state index in [0.717, 1.165) is 10.7 Å². The van der Waals surface area contributed by atoms with Crippen LogP contribution in [0.1, 0.15) is 0 Å². The minimum atomic E-state index is -3.96. The lowest BCUT2D eigenvalue weighted by Gasteiger charge is -2.34. The molecule has 0 unspecified atom stereocenters. The number of anilines is 1. The van der Waals surface area contributed by atoms with Crippen molar-refractivity contribution in [1.29, 1.82) is 0 Å². The van der Waals surface area contributed by atoms with Gasteiger partial charge in [-0.3, -0.25) is 13.9 Å². The predicted octanol–water partition coefficient (Wildman–Crippen LogP) is 1.19. The quantitative estimate of drug-likeness (QED) is 0.632. The summed E-state index contributed by atoms with van der Waals surface area (Å²) in [5.41, 5.74) is 0.406. The van der Waals surface area contributed by atoms with Gasteiger partial charge in [0.25, 0.3) is 10.0 Å². The van der Waals surface area contributed by atoms with Gasteiger partial charge in [0.05, 0.1) is 17.7 Å². The van der Waals surface area contributed by atoms with E-state index < -0.39 is 10.0 Å². The highest BCUT2D eigenvalue weighted by Gasteiger charge is 2.30. The van der Waals surface area contributed by atoms with Gasteiger partial charge >= 0.3 is 0 Å². The maximum Gasteiger partial charge on any atom is 0.264 e. The molecule has 1 aliphatic heterocycles. The van der Waals surface area contributed by atoms with Gasteiger partial charge in [0.2, 0.25) is 12.3 Å². The topological polar surface area (TPSA) is 87.2 Å². The normalized spacial score (nSPS) is 14.4. The standard InChI is InChI=1S/C20H23N3O5S/c1-28-18-7-9-19(10-8-18)29(26,27)23(17-5-3-2-4-6-17)15-20(25)22-13-11-21(16-24)12-14-22/h2-10,16H,11-15H2,1H3. The largest absolute Gasteiger partial charge is 0.497 e. The van der Waals surface area contributed by atoms with Crippen LogP contribution in [0.4, 0.5) is 5.69 Å². The van der Waals surface area contributed by atoms with Gasteiger partial charge < -0.3 is 14.5 Å². The van der Waals surface area contributed by atoms with Crippen molar-refractivity contribution in [3.05, 3.63) is 54.6 Å². The summed E-state index contributed by atoms with van der Waals surface area (Å²) in [5, 5.41) is 0. The molecule has 2 aromatic rings. The molecule has 29 heavy (non-hydrogen) atoms. The van der Waals surface area contributed by atoms with E-state index in [-0.39, 0.29) is 17.3 Å². The van der Waals surface area contributed by atoms with Gasteiger partial charge in [-0.1, -0.05) is 18.2 Å². The summed E-state index contributed by atoms with van der Waals surface area (Å²) in [6.07, 6.45) is 0.756. The van der Waals surface area contributed by atoms with E-state index in [2.05, 4.69) is 0 Å². The number of benzene rings is 2. The van der Waals surface area contributed by atoms with Gasteiger partial charge in [-0.2, -0.15) is 0 Å². The summed E-state index contributed by atoms with van der Waals surface area (Å²) >= 11 is 0. The highest BCUT2D eigenvalue weighted by atomic mass is 32.2. The van der Waals surface area contributed by atoms with Crippen LogP contribution in [-0.4, -0.2) is 70.4 Å². The van der Waals surface area contributed by atoms with Crippen molar-refractivity contribution in [2.24, 2.45) is 0 Å². The minimum absolute atomic E-state index is 0.0701. The van der Waals surface area contributed by atoms with Crippen LogP contribution in [0, 0.1) is 0 Å². The van der Waals surface area contributed by atoms with Gasteiger partial charge in [-0.15, -0.1) is 0 Å². The number of carbonyl (C=O) groups is 2. The Morgan fingerprint density at radius 2 is 1.66 bits per heavy atom. The van der Waals surface area contributed by atoms with Crippen LogP contribution in [0.3, 0.4) is 0 Å². The summed E-state index contributed by atoms with van der Waals surface area (Å²) in [6.45, 7) is 1.31. The summed E-state index contributed by atoms with van der Waals surface area (Å²) in [4.78, 5) is 27.0. The van der Waals surface area contributed by atoms with Crippen LogP contribution in [0.5, 0.6) is 5.75 Å². The Morgan fingerprint density at radius 3 is 2.21 bits per heavy atom. The molecule has 3 rings (SSSR count). The highest BCUT2D eigenvalue weighted by Crippen LogP contribution is 2.25. The van der Waals surface area contributed by atoms with Crippen molar-refractivity contribution in [1.82, 2.24) is 9.80 Å². The van der Waals surface area contributed by atoms with E-state index in [0.29, 0.717) is 37.6 Å². The average molecular weight is 417 g/mol. The highest BCUT2D eigenvalue weighted by molar-refractivity contribution is 7.92. The van der Waals surface area contributed by atoms with E-state index >= 15 is 0 Å². The third-order valence-electron chi connectivity index (χ3n) is 4.79. The van der Waals surface area contributed by atoms with Crippen LogP contribution < -0.4 is 9.04 Å². The monoisotopic (exact) mass is 417 g/mol. The second kappa shape index (κ2) is 8.95. The first kappa shape index (κ1) is 20.7. The number of carbonyl (C=O) groups excluding carboxylic acids is 2. The molecule has 0 aliphatic carbocycles. The van der Waals surface area contributed by atoms with Gasteiger partial charge in [-0.25, -0.2) is 8.42 Å². The third-order valence-corrected chi connectivity index (χ3v) is 6.57. The number of sulfonamides is 1. The first-order chi connectivity index (χ1) is 14.0. The van der Waals surface area contributed by atoms with E-state index in [1.807, 2.05) is 0 Å². The number of nitrogens with zero attached hydrogens (tertiary/aromatic N) is 3. The number of ether oxygens (including phenoxy) is 1. The van der Waals surface area contributed by atoms with Crippen LogP contribution in [0.2, 0.25) is 0 Å². The van der Waals surface area contributed by atoms with Crippen molar-refractivity contribution in [3.63, 3.8) is 0 Å². The Morgan fingerprint density at radius 1 is 1.03 bits per heavy atom. The molecule has 0 aromatic heterocycles. The molecule has 0 atom stereocenters. The van der Waals surface area contributed by atoms with Crippen LogP contribution in [0.15, 0.2) is 59.5 Å². The number of hydrogen-bond donors (Lipinski definition) is 0. The fourth-order valence-electron chi connectivity index (χ4n) is 3.08. The molecule has 8 nitrogen and oxygen atoms in total. The van der Waals surface area contributed by atoms with E-state index in [1.165, 1.54) is 19.2 Å². The Balaban J connectivity index is 1.87. The zero-order valence-electron chi connectivity index (χ0n) is 16.1. The zero-order valence-corrected chi connectivity index (χ0v) is 16.9. The minimum Gasteiger partial charge on any atom is -0.497 e. The molecule has 1 heterocycles. The molecule has 1 fully saturated rings. The van der Waals surface area contributed by atoms with Gasteiger partial charge in [-0.05, 0) is 36.4 Å². The summed E-state index contributed by atoms with van der Waals surface area (Å²) in [7, 11) is -2.46. The van der Waals surface area contributed by atoms with Crippen LogP contribution in [0.25, 0.3) is 0 Å². The molecule has 0 saturated carbocycles. The summed E-state index contributed by atoms with van der Waals surface area (Å²) in [5.74, 6) is 0.232. The molecule has 2 amide bonds. The molecule has 0 radical (unpaired) electrons. The molecular formula is C20H23N3O5S.